The van der Waals surface area contributed by atoms with E-state index in [9.17, 15) is 9.59 Å². The summed E-state index contributed by atoms with van der Waals surface area (Å²) in [5, 5.41) is 23.6. The van der Waals surface area contributed by atoms with Crippen molar-refractivity contribution >= 4 is 34.2 Å². The predicted molar refractivity (Wildman–Crippen MR) is 127 cm³/mol. The Morgan fingerprint density at radius 1 is 1.12 bits per heavy atom. The van der Waals surface area contributed by atoms with Gasteiger partial charge in [0.1, 0.15) is 6.54 Å². The van der Waals surface area contributed by atoms with Gasteiger partial charge in [0, 0.05) is 22.6 Å². The number of carbonyl (C=O) groups is 2. The minimum absolute atomic E-state index is 0.00179. The number of aromatic nitrogens is 1. The fourth-order valence-corrected chi connectivity index (χ4v) is 3.43. The number of fused-ring (bicyclic) bond motifs is 1. The van der Waals surface area contributed by atoms with E-state index in [1.165, 1.54) is 0 Å². The predicted octanol–water partition coefficient (Wildman–Crippen LogP) is 3.86. The van der Waals surface area contributed by atoms with Crippen LogP contribution < -0.4 is 10.6 Å². The summed E-state index contributed by atoms with van der Waals surface area (Å²) < 4.78 is 7.01. The van der Waals surface area contributed by atoms with E-state index in [0.29, 0.717) is 16.9 Å². The molecule has 33 heavy (non-hydrogen) atoms. The Balaban J connectivity index is 1.60. The summed E-state index contributed by atoms with van der Waals surface area (Å²) in [5.74, 6) is -1.07. The lowest BCUT2D eigenvalue weighted by Gasteiger charge is -2.15. The first-order valence-electron chi connectivity index (χ1n) is 10.3. The molecular formula is C25H25N5O3. The van der Waals surface area contributed by atoms with Crippen molar-refractivity contribution in [2.24, 2.45) is 0 Å². The van der Waals surface area contributed by atoms with Crippen LogP contribution in [-0.2, 0) is 20.9 Å². The number of hydrogen-bond donors (Lipinski definition) is 3. The van der Waals surface area contributed by atoms with E-state index < -0.39 is 18.5 Å². The largest absolute Gasteiger partial charge is 0.454 e. The summed E-state index contributed by atoms with van der Waals surface area (Å²) >= 11 is 0. The lowest BCUT2D eigenvalue weighted by molar-refractivity contribution is -0.148. The number of amides is 1. The van der Waals surface area contributed by atoms with Gasteiger partial charge in [-0.15, -0.1) is 0 Å². The molecule has 1 amide bonds. The van der Waals surface area contributed by atoms with Crippen molar-refractivity contribution in [2.75, 3.05) is 11.9 Å². The van der Waals surface area contributed by atoms with E-state index in [2.05, 4.69) is 10.6 Å². The average molecular weight is 444 g/mol. The second-order valence-corrected chi connectivity index (χ2v) is 7.58. The first-order chi connectivity index (χ1) is 15.8. The number of nitriles is 1. The quantitative estimate of drug-likeness (QED) is 0.361. The van der Waals surface area contributed by atoms with Gasteiger partial charge < -0.3 is 25.3 Å². The summed E-state index contributed by atoms with van der Waals surface area (Å²) in [6, 6.07) is 18.6. The van der Waals surface area contributed by atoms with Gasteiger partial charge in [-0.2, -0.15) is 5.26 Å². The van der Waals surface area contributed by atoms with Crippen molar-refractivity contribution in [1.82, 2.24) is 9.88 Å². The van der Waals surface area contributed by atoms with Crippen molar-refractivity contribution in [3.63, 3.8) is 0 Å². The van der Waals surface area contributed by atoms with Crippen LogP contribution in [0.5, 0.6) is 0 Å². The van der Waals surface area contributed by atoms with Gasteiger partial charge in [0.15, 0.2) is 6.61 Å². The van der Waals surface area contributed by atoms with Crippen LogP contribution in [-0.4, -0.2) is 28.8 Å². The van der Waals surface area contributed by atoms with Gasteiger partial charge in [-0.3, -0.25) is 9.59 Å². The van der Waals surface area contributed by atoms with Crippen molar-refractivity contribution in [2.45, 2.75) is 27.3 Å². The molecule has 0 aliphatic heterocycles. The van der Waals surface area contributed by atoms with Gasteiger partial charge in [-0.25, -0.2) is 0 Å². The van der Waals surface area contributed by atoms with Gasteiger partial charge >= 0.3 is 5.97 Å². The molecule has 0 aliphatic carbocycles. The van der Waals surface area contributed by atoms with Crippen LogP contribution in [0.3, 0.4) is 0 Å². The number of para-hydroxylation sites is 1. The van der Waals surface area contributed by atoms with Crippen LogP contribution in [0.1, 0.15) is 25.1 Å². The molecule has 1 aromatic heterocycles. The van der Waals surface area contributed by atoms with Crippen LogP contribution in [0.2, 0.25) is 0 Å². The van der Waals surface area contributed by atoms with Crippen LogP contribution in [0.15, 0.2) is 66.0 Å². The van der Waals surface area contributed by atoms with Crippen LogP contribution >= 0.6 is 0 Å². The van der Waals surface area contributed by atoms with Crippen LogP contribution in [0, 0.1) is 23.7 Å². The molecule has 8 heteroatoms. The zero-order valence-corrected chi connectivity index (χ0v) is 18.7. The van der Waals surface area contributed by atoms with Crippen molar-refractivity contribution in [3.05, 3.63) is 77.2 Å². The molecule has 0 saturated heterocycles. The highest BCUT2D eigenvalue weighted by Crippen LogP contribution is 2.19. The highest BCUT2D eigenvalue weighted by atomic mass is 16.5. The second kappa shape index (κ2) is 10.3. The zero-order chi connectivity index (χ0) is 24.0. The van der Waals surface area contributed by atoms with Crippen LogP contribution in [0.25, 0.3) is 10.9 Å². The molecule has 0 spiro atoms. The molecule has 3 N–H and O–H groups in total. The van der Waals surface area contributed by atoms with E-state index >= 15 is 0 Å². The lowest BCUT2D eigenvalue weighted by Crippen LogP contribution is -2.32. The fraction of sp³-hybridized carbons (Fsp3) is 0.200. The molecule has 0 fully saturated rings. The Kier molecular flexibility index (Phi) is 7.26. The van der Waals surface area contributed by atoms with E-state index in [4.69, 9.17) is 15.4 Å². The molecule has 1 heterocycles. The number of nitrogens with one attached hydrogen (secondary N) is 3. The fourth-order valence-electron chi connectivity index (χ4n) is 3.43. The number of aryl methyl sites for hydroxylation is 1. The summed E-state index contributed by atoms with van der Waals surface area (Å²) in [6.45, 7) is 4.72. The topological polar surface area (TPSA) is 120 Å². The SMILES string of the molecule is CC(=N)/C(NC(=O)COC(=O)Cn1c(C)cc2ccccc21)=C(/C)Nc1ccc(C#N)cc1. The third-order valence-electron chi connectivity index (χ3n) is 5.03. The van der Waals surface area contributed by atoms with Gasteiger partial charge in [-0.05, 0) is 62.6 Å². The van der Waals surface area contributed by atoms with Crippen molar-refractivity contribution in [1.29, 1.82) is 10.7 Å². The molecule has 8 nitrogen and oxygen atoms in total. The molecule has 3 rings (SSSR count). The van der Waals surface area contributed by atoms with Crippen molar-refractivity contribution < 1.29 is 14.3 Å². The number of esters is 1. The maximum atomic E-state index is 12.4. The smallest absolute Gasteiger partial charge is 0.326 e. The molecular weight excluding hydrogens is 418 g/mol. The Bertz CT molecular complexity index is 1280. The molecule has 0 aliphatic rings. The summed E-state index contributed by atoms with van der Waals surface area (Å²) in [6.07, 6.45) is 0. The Morgan fingerprint density at radius 3 is 2.48 bits per heavy atom. The standard InChI is InChI=1S/C25H25N5O3/c1-16-12-20-6-4-5-7-22(20)30(16)14-24(32)33-15-23(31)29-25(17(2)27)18(3)28-21-10-8-19(13-26)9-11-21/h4-12,27-28H,14-15H2,1-3H3,(H,29,31)/b25-18+,27-17?. The number of benzene rings is 2. The lowest BCUT2D eigenvalue weighted by atomic mass is 10.2. The summed E-state index contributed by atoms with van der Waals surface area (Å²) in [4.78, 5) is 24.7. The van der Waals surface area contributed by atoms with Gasteiger partial charge in [0.2, 0.25) is 0 Å². The van der Waals surface area contributed by atoms with Gasteiger partial charge in [0.05, 0.1) is 23.0 Å². The van der Waals surface area contributed by atoms with Gasteiger partial charge in [0.25, 0.3) is 5.91 Å². The Hall–Kier alpha value is -4.38. The average Bonchev–Trinajstić information content (AvgIpc) is 3.11. The van der Waals surface area contributed by atoms with E-state index in [-0.39, 0.29) is 18.0 Å². The summed E-state index contributed by atoms with van der Waals surface area (Å²) in [5.41, 5.74) is 4.05. The number of carbonyl (C=O) groups excluding carboxylic acids is 2. The minimum atomic E-state index is -0.542. The van der Waals surface area contributed by atoms with E-state index in [0.717, 1.165) is 16.6 Å². The number of rotatable bonds is 8. The Labute approximate surface area is 192 Å². The highest BCUT2D eigenvalue weighted by Gasteiger charge is 2.15. The molecule has 0 radical (unpaired) electrons. The number of allylic oxidation sites excluding steroid dienone is 2. The third kappa shape index (κ3) is 5.86. The van der Waals surface area contributed by atoms with Crippen molar-refractivity contribution in [3.8, 4) is 6.07 Å². The van der Waals surface area contributed by atoms with E-state index in [1.807, 2.05) is 47.9 Å². The molecule has 0 unspecified atom stereocenters. The van der Waals surface area contributed by atoms with Crippen LogP contribution in [0.4, 0.5) is 5.69 Å². The monoisotopic (exact) mass is 443 g/mol. The number of hydrogen-bond acceptors (Lipinski definition) is 6. The maximum absolute atomic E-state index is 12.4. The van der Waals surface area contributed by atoms with E-state index in [1.54, 1.807) is 38.1 Å². The minimum Gasteiger partial charge on any atom is -0.454 e. The first-order valence-corrected chi connectivity index (χ1v) is 10.3. The first kappa shape index (κ1) is 23.3. The normalized spacial score (nSPS) is 11.3. The molecule has 0 bridgehead atoms. The molecule has 3 aromatic rings. The van der Waals surface area contributed by atoms with Gasteiger partial charge in [-0.1, -0.05) is 18.2 Å². The second-order valence-electron chi connectivity index (χ2n) is 7.58. The summed E-state index contributed by atoms with van der Waals surface area (Å²) in [7, 11) is 0. The molecule has 0 atom stereocenters. The number of anilines is 1. The maximum Gasteiger partial charge on any atom is 0.326 e. The molecule has 168 valence electrons. The third-order valence-corrected chi connectivity index (χ3v) is 5.03. The highest BCUT2D eigenvalue weighted by molar-refractivity contribution is 6.00. The molecule has 2 aromatic carbocycles. The Morgan fingerprint density at radius 2 is 1.82 bits per heavy atom. The molecule has 0 saturated carbocycles. The number of ether oxygens (including phenoxy) is 1. The zero-order valence-electron chi connectivity index (χ0n) is 18.7. The number of nitrogens with zero attached hydrogens (tertiary/aromatic N) is 2.